The maximum absolute atomic E-state index is 12.5. The summed E-state index contributed by atoms with van der Waals surface area (Å²) in [6.07, 6.45) is 5.54. The zero-order valence-electron chi connectivity index (χ0n) is 16.3. The van der Waals surface area contributed by atoms with E-state index in [9.17, 15) is 4.79 Å². The van der Waals surface area contributed by atoms with Gasteiger partial charge in [-0.2, -0.15) is 0 Å². The first-order valence-electron chi connectivity index (χ1n) is 9.35. The van der Waals surface area contributed by atoms with Gasteiger partial charge in [0, 0.05) is 12.1 Å². The molecule has 1 N–H and O–H groups in total. The molecule has 27 heavy (non-hydrogen) atoms. The van der Waals surface area contributed by atoms with Crippen molar-refractivity contribution in [3.63, 3.8) is 0 Å². The van der Waals surface area contributed by atoms with E-state index in [0.29, 0.717) is 30.1 Å². The molecule has 0 atom stereocenters. The third-order valence-corrected chi connectivity index (χ3v) is 5.04. The standard InChI is InChI=1S/C22H27NO4/c1-25-19-13-15(14-20(26-2)22(19)27-3)11-12-21(24)23-18-10-6-8-16-7-4-5-9-17(16)18/h6,8,10,13-14H,4-5,7,9,11-12H2,1-3H3,(H,23,24). The highest BCUT2D eigenvalue weighted by Gasteiger charge is 2.16. The smallest absolute Gasteiger partial charge is 0.224 e. The number of ether oxygens (including phenoxy) is 3. The molecular weight excluding hydrogens is 342 g/mol. The number of methoxy groups -OCH3 is 3. The lowest BCUT2D eigenvalue weighted by atomic mass is 9.90. The summed E-state index contributed by atoms with van der Waals surface area (Å²) in [5.41, 5.74) is 4.59. The van der Waals surface area contributed by atoms with Gasteiger partial charge in [-0.25, -0.2) is 0 Å². The van der Waals surface area contributed by atoms with Gasteiger partial charge in [-0.1, -0.05) is 12.1 Å². The summed E-state index contributed by atoms with van der Waals surface area (Å²) < 4.78 is 16.1. The number of anilines is 1. The molecule has 1 aliphatic carbocycles. The molecule has 5 nitrogen and oxygen atoms in total. The van der Waals surface area contributed by atoms with Crippen LogP contribution in [0.25, 0.3) is 0 Å². The zero-order valence-corrected chi connectivity index (χ0v) is 16.3. The molecule has 0 aromatic heterocycles. The van der Waals surface area contributed by atoms with Crippen molar-refractivity contribution in [1.29, 1.82) is 0 Å². The average molecular weight is 369 g/mol. The number of carbonyl (C=O) groups is 1. The van der Waals surface area contributed by atoms with Gasteiger partial charge in [0.2, 0.25) is 11.7 Å². The van der Waals surface area contributed by atoms with E-state index in [2.05, 4.69) is 11.4 Å². The number of carbonyl (C=O) groups excluding carboxylic acids is 1. The number of hydrogen-bond donors (Lipinski definition) is 1. The van der Waals surface area contributed by atoms with Gasteiger partial charge < -0.3 is 19.5 Å². The second-order valence-electron chi connectivity index (χ2n) is 6.73. The molecule has 0 spiro atoms. The third kappa shape index (κ3) is 4.35. The molecule has 0 aliphatic heterocycles. The highest BCUT2D eigenvalue weighted by atomic mass is 16.5. The van der Waals surface area contributed by atoms with Crippen LogP contribution in [0.4, 0.5) is 5.69 Å². The van der Waals surface area contributed by atoms with Gasteiger partial charge in [0.1, 0.15) is 0 Å². The first kappa shape index (κ1) is 19.1. The molecule has 0 unspecified atom stereocenters. The van der Waals surface area contributed by atoms with Crippen molar-refractivity contribution in [1.82, 2.24) is 0 Å². The molecule has 0 heterocycles. The van der Waals surface area contributed by atoms with E-state index < -0.39 is 0 Å². The number of hydrogen-bond acceptors (Lipinski definition) is 4. The molecule has 0 radical (unpaired) electrons. The fraction of sp³-hybridized carbons (Fsp3) is 0.409. The summed E-state index contributed by atoms with van der Waals surface area (Å²) in [5.74, 6) is 1.78. The molecule has 3 rings (SSSR count). The van der Waals surface area contributed by atoms with Crippen molar-refractivity contribution in [2.75, 3.05) is 26.6 Å². The molecular formula is C22H27NO4. The number of aryl methyl sites for hydroxylation is 2. The van der Waals surface area contributed by atoms with E-state index in [1.807, 2.05) is 24.3 Å². The zero-order chi connectivity index (χ0) is 19.2. The van der Waals surface area contributed by atoms with Gasteiger partial charge in [-0.15, -0.1) is 0 Å². The summed E-state index contributed by atoms with van der Waals surface area (Å²) in [6, 6.07) is 9.97. The van der Waals surface area contributed by atoms with Gasteiger partial charge >= 0.3 is 0 Å². The van der Waals surface area contributed by atoms with Crippen molar-refractivity contribution in [3.8, 4) is 17.2 Å². The largest absolute Gasteiger partial charge is 0.493 e. The van der Waals surface area contributed by atoms with Crippen molar-refractivity contribution in [2.45, 2.75) is 38.5 Å². The van der Waals surface area contributed by atoms with Crippen LogP contribution in [0.5, 0.6) is 17.2 Å². The van der Waals surface area contributed by atoms with Crippen LogP contribution in [0.2, 0.25) is 0 Å². The molecule has 0 fully saturated rings. The molecule has 1 aliphatic rings. The fourth-order valence-corrected chi connectivity index (χ4v) is 3.65. The van der Waals surface area contributed by atoms with Crippen LogP contribution in [-0.4, -0.2) is 27.2 Å². The Bertz CT molecular complexity index is 791. The SMILES string of the molecule is COc1cc(CCC(=O)Nc2cccc3c2CCCC3)cc(OC)c1OC. The third-order valence-electron chi connectivity index (χ3n) is 5.04. The van der Waals surface area contributed by atoms with Gasteiger partial charge in [0.25, 0.3) is 0 Å². The second kappa shape index (κ2) is 8.80. The van der Waals surface area contributed by atoms with E-state index in [1.165, 1.54) is 24.0 Å². The molecule has 2 aromatic carbocycles. The highest BCUT2D eigenvalue weighted by Crippen LogP contribution is 2.38. The van der Waals surface area contributed by atoms with E-state index in [0.717, 1.165) is 24.1 Å². The Balaban J connectivity index is 1.68. The summed E-state index contributed by atoms with van der Waals surface area (Å²) in [5, 5.41) is 3.09. The van der Waals surface area contributed by atoms with E-state index in [-0.39, 0.29) is 5.91 Å². The Morgan fingerprint density at radius 1 is 1.00 bits per heavy atom. The lowest BCUT2D eigenvalue weighted by Crippen LogP contribution is -2.15. The van der Waals surface area contributed by atoms with Gasteiger partial charge in [-0.05, 0) is 67.0 Å². The quantitative estimate of drug-likeness (QED) is 0.796. The van der Waals surface area contributed by atoms with E-state index >= 15 is 0 Å². The number of fused-ring (bicyclic) bond motifs is 1. The van der Waals surface area contributed by atoms with Crippen molar-refractivity contribution in [3.05, 3.63) is 47.0 Å². The summed E-state index contributed by atoms with van der Waals surface area (Å²) in [7, 11) is 4.76. The molecule has 0 saturated carbocycles. The number of nitrogens with one attached hydrogen (secondary N) is 1. The normalized spacial score (nSPS) is 12.9. The average Bonchev–Trinajstić information content (AvgIpc) is 2.71. The second-order valence-corrected chi connectivity index (χ2v) is 6.73. The van der Waals surface area contributed by atoms with E-state index in [4.69, 9.17) is 14.2 Å². The molecule has 0 bridgehead atoms. The minimum absolute atomic E-state index is 0.0164. The minimum atomic E-state index is 0.0164. The first-order chi connectivity index (χ1) is 13.2. The van der Waals surface area contributed by atoms with Crippen LogP contribution >= 0.6 is 0 Å². The number of amides is 1. The predicted molar refractivity (Wildman–Crippen MR) is 106 cm³/mol. The van der Waals surface area contributed by atoms with Crippen molar-refractivity contribution < 1.29 is 19.0 Å². The molecule has 144 valence electrons. The number of benzene rings is 2. The minimum Gasteiger partial charge on any atom is -0.493 e. The lowest BCUT2D eigenvalue weighted by Gasteiger charge is -2.19. The fourth-order valence-electron chi connectivity index (χ4n) is 3.65. The lowest BCUT2D eigenvalue weighted by molar-refractivity contribution is -0.116. The van der Waals surface area contributed by atoms with Crippen LogP contribution in [0.15, 0.2) is 30.3 Å². The predicted octanol–water partition coefficient (Wildman–Crippen LogP) is 4.16. The number of rotatable bonds is 7. The molecule has 1 amide bonds. The Morgan fingerprint density at radius 3 is 2.37 bits per heavy atom. The van der Waals surface area contributed by atoms with Crippen LogP contribution in [0.3, 0.4) is 0 Å². The van der Waals surface area contributed by atoms with Crippen molar-refractivity contribution in [2.24, 2.45) is 0 Å². The molecule has 5 heteroatoms. The van der Waals surface area contributed by atoms with Crippen LogP contribution in [0.1, 0.15) is 36.0 Å². The summed E-state index contributed by atoms with van der Waals surface area (Å²) in [6.45, 7) is 0. The van der Waals surface area contributed by atoms with Crippen molar-refractivity contribution >= 4 is 11.6 Å². The Labute approximate surface area is 160 Å². The Hall–Kier alpha value is -2.69. The van der Waals surface area contributed by atoms with E-state index in [1.54, 1.807) is 21.3 Å². The maximum atomic E-state index is 12.5. The van der Waals surface area contributed by atoms with Crippen LogP contribution in [-0.2, 0) is 24.1 Å². The Kier molecular flexibility index (Phi) is 6.22. The molecule has 0 saturated heterocycles. The van der Waals surface area contributed by atoms with Crippen LogP contribution in [0, 0.1) is 0 Å². The first-order valence-corrected chi connectivity index (χ1v) is 9.35. The topological polar surface area (TPSA) is 56.8 Å². The van der Waals surface area contributed by atoms with Gasteiger partial charge in [-0.3, -0.25) is 4.79 Å². The summed E-state index contributed by atoms with van der Waals surface area (Å²) >= 11 is 0. The van der Waals surface area contributed by atoms with Gasteiger partial charge in [0.05, 0.1) is 21.3 Å². The van der Waals surface area contributed by atoms with Gasteiger partial charge in [0.15, 0.2) is 11.5 Å². The monoisotopic (exact) mass is 369 g/mol. The maximum Gasteiger partial charge on any atom is 0.224 e. The Morgan fingerprint density at radius 2 is 1.70 bits per heavy atom. The summed E-state index contributed by atoms with van der Waals surface area (Å²) in [4.78, 5) is 12.5. The molecule has 2 aromatic rings. The highest BCUT2D eigenvalue weighted by molar-refractivity contribution is 5.92. The van der Waals surface area contributed by atoms with Crippen LogP contribution < -0.4 is 19.5 Å².